The number of rotatable bonds is 6. The first-order valence-corrected chi connectivity index (χ1v) is 9.32. The number of esters is 1. The number of aromatic nitrogens is 2. The molecule has 1 saturated heterocycles. The van der Waals surface area contributed by atoms with Crippen molar-refractivity contribution in [2.75, 3.05) is 26.1 Å². The molecule has 1 aliphatic rings. The number of hydrogen-bond donors (Lipinski definition) is 3. The molecule has 0 amide bonds. The van der Waals surface area contributed by atoms with Gasteiger partial charge in [-0.05, 0) is 24.4 Å². The average molecular weight is 398 g/mol. The number of ether oxygens (including phenoxy) is 2. The number of aliphatic hydroxyl groups is 1. The van der Waals surface area contributed by atoms with Gasteiger partial charge < -0.3 is 24.8 Å². The van der Waals surface area contributed by atoms with Gasteiger partial charge in [0.2, 0.25) is 5.13 Å². The summed E-state index contributed by atoms with van der Waals surface area (Å²) < 4.78 is 12.4. The van der Waals surface area contributed by atoms with E-state index in [1.807, 2.05) is 24.3 Å². The van der Waals surface area contributed by atoms with Gasteiger partial charge in [0.25, 0.3) is 0 Å². The molecule has 1 fully saturated rings. The zero-order valence-electron chi connectivity index (χ0n) is 14.5. The fourth-order valence-electron chi connectivity index (χ4n) is 3.06. The SMILES string of the molecule is COC(=O)[C@@H]1C[C@H](O)C[NH+]1Cn1nc(Nc2ccccc2OC)sc1=S. The summed E-state index contributed by atoms with van der Waals surface area (Å²) in [5.41, 5.74) is 0.794. The molecule has 140 valence electrons. The Bertz CT molecular complexity index is 838. The molecule has 10 heteroatoms. The molecule has 1 unspecified atom stereocenters. The predicted molar refractivity (Wildman–Crippen MR) is 99.5 cm³/mol. The summed E-state index contributed by atoms with van der Waals surface area (Å²) in [4.78, 5) is 12.8. The number of para-hydroxylation sites is 2. The van der Waals surface area contributed by atoms with Crippen LogP contribution in [-0.2, 0) is 16.2 Å². The van der Waals surface area contributed by atoms with Crippen LogP contribution in [0.5, 0.6) is 5.75 Å². The number of aliphatic hydroxyl groups excluding tert-OH is 1. The maximum absolute atomic E-state index is 11.9. The van der Waals surface area contributed by atoms with E-state index in [-0.39, 0.29) is 5.97 Å². The monoisotopic (exact) mass is 397 g/mol. The first kappa shape index (κ1) is 18.8. The van der Waals surface area contributed by atoms with Crippen LogP contribution in [0.25, 0.3) is 0 Å². The van der Waals surface area contributed by atoms with Crippen molar-refractivity contribution in [2.45, 2.75) is 25.2 Å². The Morgan fingerprint density at radius 2 is 2.27 bits per heavy atom. The Kier molecular flexibility index (Phi) is 5.87. The maximum atomic E-state index is 11.9. The number of methoxy groups -OCH3 is 2. The van der Waals surface area contributed by atoms with Crippen molar-refractivity contribution in [2.24, 2.45) is 0 Å². The van der Waals surface area contributed by atoms with E-state index < -0.39 is 12.1 Å². The number of likely N-dealkylation sites (tertiary alicyclic amines) is 1. The summed E-state index contributed by atoms with van der Waals surface area (Å²) in [5, 5.41) is 18.3. The molecule has 26 heavy (non-hydrogen) atoms. The second-order valence-electron chi connectivity index (χ2n) is 5.98. The van der Waals surface area contributed by atoms with E-state index in [0.717, 1.165) is 10.6 Å². The highest BCUT2D eigenvalue weighted by molar-refractivity contribution is 7.73. The van der Waals surface area contributed by atoms with E-state index in [0.29, 0.717) is 34.5 Å². The number of carbonyl (C=O) groups excluding carboxylic acids is 1. The lowest BCUT2D eigenvalue weighted by Crippen LogP contribution is -3.14. The van der Waals surface area contributed by atoms with Gasteiger partial charge in [-0.1, -0.05) is 23.5 Å². The van der Waals surface area contributed by atoms with Crippen LogP contribution in [0, 0.1) is 3.95 Å². The summed E-state index contributed by atoms with van der Waals surface area (Å²) in [6.45, 7) is 0.841. The molecule has 3 rings (SSSR count). The standard InChI is InChI=1S/C16H20N4O4S2/c1-23-13-6-4-3-5-11(13)17-15-18-20(16(25)26-15)9-19-8-10(21)7-12(19)14(22)24-2/h3-6,10,12,21H,7-9H2,1-2H3,(H,17,18)/p+1/t10-,12-/m0/s1. The summed E-state index contributed by atoms with van der Waals surface area (Å²) in [5.74, 6) is 0.380. The number of hydrogen-bond acceptors (Lipinski definition) is 8. The summed E-state index contributed by atoms with van der Waals surface area (Å²) in [7, 11) is 2.96. The third-order valence-electron chi connectivity index (χ3n) is 4.29. The van der Waals surface area contributed by atoms with Gasteiger partial charge in [0, 0.05) is 6.42 Å². The van der Waals surface area contributed by atoms with Crippen LogP contribution < -0.4 is 15.0 Å². The number of benzene rings is 1. The van der Waals surface area contributed by atoms with Gasteiger partial charge in [-0.15, -0.1) is 5.10 Å². The van der Waals surface area contributed by atoms with E-state index in [9.17, 15) is 9.90 Å². The number of nitrogens with one attached hydrogen (secondary N) is 2. The minimum absolute atomic E-state index is 0.328. The smallest absolute Gasteiger partial charge is 0.364 e. The molecule has 0 bridgehead atoms. The first-order chi connectivity index (χ1) is 12.5. The lowest BCUT2D eigenvalue weighted by molar-refractivity contribution is -0.928. The van der Waals surface area contributed by atoms with Gasteiger partial charge in [0.05, 0.1) is 19.9 Å². The molecule has 1 aliphatic heterocycles. The lowest BCUT2D eigenvalue weighted by atomic mass is 10.2. The third-order valence-corrected chi connectivity index (χ3v) is 5.51. The molecular formula is C16H21N4O4S2+. The molecule has 1 aromatic heterocycles. The van der Waals surface area contributed by atoms with Crippen LogP contribution in [0.2, 0.25) is 0 Å². The van der Waals surface area contributed by atoms with E-state index in [4.69, 9.17) is 21.7 Å². The van der Waals surface area contributed by atoms with Crippen LogP contribution >= 0.6 is 23.6 Å². The van der Waals surface area contributed by atoms with Gasteiger partial charge in [-0.2, -0.15) is 4.68 Å². The molecule has 0 aliphatic carbocycles. The van der Waals surface area contributed by atoms with Gasteiger partial charge >= 0.3 is 5.97 Å². The van der Waals surface area contributed by atoms with Gasteiger partial charge in [-0.25, -0.2) is 4.79 Å². The maximum Gasteiger partial charge on any atom is 0.364 e. The Hall–Kier alpha value is -2.01. The van der Waals surface area contributed by atoms with Crippen molar-refractivity contribution in [3.05, 3.63) is 28.2 Å². The fourth-order valence-corrected chi connectivity index (χ4v) is 4.08. The van der Waals surface area contributed by atoms with Crippen LogP contribution in [0.3, 0.4) is 0 Å². The summed E-state index contributed by atoms with van der Waals surface area (Å²) >= 11 is 6.74. The summed E-state index contributed by atoms with van der Waals surface area (Å²) in [6, 6.07) is 7.12. The quantitative estimate of drug-likeness (QED) is 0.485. The second-order valence-corrected chi connectivity index (χ2v) is 7.61. The normalized spacial score (nSPS) is 22.2. The van der Waals surface area contributed by atoms with Crippen molar-refractivity contribution in [3.8, 4) is 5.75 Å². The second kappa shape index (κ2) is 8.12. The van der Waals surface area contributed by atoms with Crippen molar-refractivity contribution < 1.29 is 24.3 Å². The number of quaternary nitrogens is 1. The summed E-state index contributed by atoms with van der Waals surface area (Å²) in [6.07, 6.45) is -0.153. The molecule has 3 N–H and O–H groups in total. The third kappa shape index (κ3) is 4.04. The van der Waals surface area contributed by atoms with E-state index in [1.165, 1.54) is 18.4 Å². The first-order valence-electron chi connectivity index (χ1n) is 8.10. The van der Waals surface area contributed by atoms with Gasteiger partial charge in [-0.3, -0.25) is 0 Å². The van der Waals surface area contributed by atoms with Crippen LogP contribution in [0.4, 0.5) is 10.8 Å². The van der Waals surface area contributed by atoms with Crippen molar-refractivity contribution in [1.29, 1.82) is 0 Å². The Labute approximate surface area is 160 Å². The van der Waals surface area contributed by atoms with E-state index in [1.54, 1.807) is 11.8 Å². The zero-order chi connectivity index (χ0) is 18.7. The molecular weight excluding hydrogens is 376 g/mol. The Morgan fingerprint density at radius 3 is 3.00 bits per heavy atom. The van der Waals surface area contributed by atoms with Crippen LogP contribution in [0.1, 0.15) is 6.42 Å². The average Bonchev–Trinajstić information content (AvgIpc) is 3.17. The molecule has 2 aromatic rings. The predicted octanol–water partition coefficient (Wildman–Crippen LogP) is 0.575. The van der Waals surface area contributed by atoms with Gasteiger partial charge in [0.1, 0.15) is 18.4 Å². The number of carbonyl (C=O) groups is 1. The molecule has 0 spiro atoms. The van der Waals surface area contributed by atoms with Crippen LogP contribution in [0.15, 0.2) is 24.3 Å². The molecule has 3 atom stereocenters. The molecule has 2 heterocycles. The Morgan fingerprint density at radius 1 is 1.50 bits per heavy atom. The van der Waals surface area contributed by atoms with E-state index in [2.05, 4.69) is 10.4 Å². The number of anilines is 2. The zero-order valence-corrected chi connectivity index (χ0v) is 16.1. The largest absolute Gasteiger partial charge is 0.495 e. The highest BCUT2D eigenvalue weighted by atomic mass is 32.1. The minimum Gasteiger partial charge on any atom is -0.495 e. The highest BCUT2D eigenvalue weighted by Gasteiger charge is 2.41. The van der Waals surface area contributed by atoms with E-state index >= 15 is 0 Å². The van der Waals surface area contributed by atoms with Crippen molar-refractivity contribution >= 4 is 40.3 Å². The molecule has 0 radical (unpaired) electrons. The van der Waals surface area contributed by atoms with Gasteiger partial charge in [0.15, 0.2) is 16.7 Å². The topological polar surface area (TPSA) is 90.0 Å². The molecule has 1 aromatic carbocycles. The highest BCUT2D eigenvalue weighted by Crippen LogP contribution is 2.28. The Balaban J connectivity index is 1.76. The fraction of sp³-hybridized carbons (Fsp3) is 0.438. The lowest BCUT2D eigenvalue weighted by Gasteiger charge is -2.18. The molecule has 0 saturated carbocycles. The molecule has 8 nitrogen and oxygen atoms in total. The van der Waals surface area contributed by atoms with Crippen LogP contribution in [-0.4, -0.2) is 53.8 Å². The number of nitrogens with zero attached hydrogens (tertiary/aromatic N) is 2. The van der Waals surface area contributed by atoms with Crippen molar-refractivity contribution in [3.63, 3.8) is 0 Å². The minimum atomic E-state index is -0.534. The van der Waals surface area contributed by atoms with Crippen molar-refractivity contribution in [1.82, 2.24) is 9.78 Å².